The first-order valence-electron chi connectivity index (χ1n) is 8.77. The Hall–Kier alpha value is -1.40. The summed E-state index contributed by atoms with van der Waals surface area (Å²) in [5.74, 6) is -0.0923. The molecule has 1 aliphatic carbocycles. The zero-order valence-electron chi connectivity index (χ0n) is 14.0. The van der Waals surface area contributed by atoms with Crippen LogP contribution >= 0.6 is 0 Å². The SMILES string of the molecule is CNC(=O)CC1(O)CCCN(Cc2ccnn2C2CCCC2)C1. The number of aliphatic hydroxyl groups is 1. The van der Waals surface area contributed by atoms with Crippen LogP contribution in [0.3, 0.4) is 0 Å². The quantitative estimate of drug-likeness (QED) is 0.862. The Labute approximate surface area is 137 Å². The van der Waals surface area contributed by atoms with Crippen molar-refractivity contribution in [2.75, 3.05) is 20.1 Å². The first-order valence-corrected chi connectivity index (χ1v) is 8.77. The van der Waals surface area contributed by atoms with E-state index in [-0.39, 0.29) is 12.3 Å². The molecule has 1 amide bonds. The van der Waals surface area contributed by atoms with Crippen LogP contribution in [0.25, 0.3) is 0 Å². The fourth-order valence-electron chi connectivity index (χ4n) is 4.05. The van der Waals surface area contributed by atoms with Crippen LogP contribution in [-0.4, -0.2) is 51.4 Å². The molecule has 1 saturated heterocycles. The fourth-order valence-corrected chi connectivity index (χ4v) is 4.05. The van der Waals surface area contributed by atoms with Gasteiger partial charge in [-0.2, -0.15) is 5.10 Å². The largest absolute Gasteiger partial charge is 0.388 e. The van der Waals surface area contributed by atoms with Gasteiger partial charge < -0.3 is 10.4 Å². The lowest BCUT2D eigenvalue weighted by Crippen LogP contribution is -2.50. The van der Waals surface area contributed by atoms with Crippen molar-refractivity contribution in [1.82, 2.24) is 20.0 Å². The van der Waals surface area contributed by atoms with Crippen LogP contribution in [0, 0.1) is 0 Å². The summed E-state index contributed by atoms with van der Waals surface area (Å²) in [6.45, 7) is 2.31. The molecule has 2 heterocycles. The summed E-state index contributed by atoms with van der Waals surface area (Å²) in [6, 6.07) is 2.62. The summed E-state index contributed by atoms with van der Waals surface area (Å²) in [5, 5.41) is 17.9. The number of β-amino-alcohol motifs (C(OH)–C–C–N with tert-alkyl or cyclic N) is 1. The number of carbonyl (C=O) groups excluding carboxylic acids is 1. The monoisotopic (exact) mass is 320 g/mol. The van der Waals surface area contributed by atoms with Crippen molar-refractivity contribution < 1.29 is 9.90 Å². The Kier molecular flexibility index (Phi) is 5.02. The zero-order valence-corrected chi connectivity index (χ0v) is 14.0. The number of piperidine rings is 1. The normalized spacial score (nSPS) is 26.5. The summed E-state index contributed by atoms with van der Waals surface area (Å²) in [7, 11) is 1.62. The van der Waals surface area contributed by atoms with E-state index in [4.69, 9.17) is 0 Å². The lowest BCUT2D eigenvalue weighted by atomic mass is 9.89. The molecule has 0 spiro atoms. The number of carbonyl (C=O) groups is 1. The lowest BCUT2D eigenvalue weighted by Gasteiger charge is -2.39. The molecule has 1 atom stereocenters. The predicted octanol–water partition coefficient (Wildman–Crippen LogP) is 1.46. The van der Waals surface area contributed by atoms with Gasteiger partial charge in [-0.1, -0.05) is 12.8 Å². The van der Waals surface area contributed by atoms with Gasteiger partial charge in [-0.05, 0) is 38.3 Å². The van der Waals surface area contributed by atoms with Crippen LogP contribution < -0.4 is 5.32 Å². The lowest BCUT2D eigenvalue weighted by molar-refractivity contribution is -0.128. The van der Waals surface area contributed by atoms with Gasteiger partial charge in [-0.25, -0.2) is 0 Å². The Balaban J connectivity index is 1.64. The second-order valence-electron chi connectivity index (χ2n) is 7.09. The van der Waals surface area contributed by atoms with Crippen molar-refractivity contribution in [3.8, 4) is 0 Å². The summed E-state index contributed by atoms with van der Waals surface area (Å²) < 4.78 is 2.18. The predicted molar refractivity (Wildman–Crippen MR) is 87.9 cm³/mol. The van der Waals surface area contributed by atoms with Gasteiger partial charge in [-0.3, -0.25) is 14.4 Å². The van der Waals surface area contributed by atoms with Crippen molar-refractivity contribution in [3.63, 3.8) is 0 Å². The third-order valence-corrected chi connectivity index (χ3v) is 5.21. The Bertz CT molecular complexity index is 538. The number of hydrogen-bond donors (Lipinski definition) is 2. The van der Waals surface area contributed by atoms with Gasteiger partial charge in [0, 0.05) is 26.3 Å². The highest BCUT2D eigenvalue weighted by atomic mass is 16.3. The van der Waals surface area contributed by atoms with E-state index in [1.165, 1.54) is 31.4 Å². The van der Waals surface area contributed by atoms with Crippen molar-refractivity contribution in [2.45, 2.75) is 63.1 Å². The van der Waals surface area contributed by atoms with Crippen LogP contribution in [-0.2, 0) is 11.3 Å². The summed E-state index contributed by atoms with van der Waals surface area (Å²) in [5.41, 5.74) is 0.317. The number of hydrogen-bond acceptors (Lipinski definition) is 4. The molecule has 1 saturated carbocycles. The fraction of sp³-hybridized carbons (Fsp3) is 0.765. The summed E-state index contributed by atoms with van der Waals surface area (Å²) in [4.78, 5) is 13.9. The van der Waals surface area contributed by atoms with E-state index >= 15 is 0 Å². The molecule has 0 bridgehead atoms. The first-order chi connectivity index (χ1) is 11.1. The maximum atomic E-state index is 11.6. The van der Waals surface area contributed by atoms with E-state index in [0.717, 1.165) is 19.5 Å². The van der Waals surface area contributed by atoms with Crippen LogP contribution in [0.5, 0.6) is 0 Å². The Morgan fingerprint density at radius 1 is 1.43 bits per heavy atom. The van der Waals surface area contributed by atoms with E-state index < -0.39 is 5.60 Å². The molecule has 23 heavy (non-hydrogen) atoms. The summed E-state index contributed by atoms with van der Waals surface area (Å²) in [6.07, 6.45) is 8.70. The number of amides is 1. The van der Waals surface area contributed by atoms with Crippen LogP contribution in [0.1, 0.15) is 56.7 Å². The van der Waals surface area contributed by atoms with Crippen molar-refractivity contribution in [2.24, 2.45) is 0 Å². The zero-order chi connectivity index (χ0) is 16.3. The topological polar surface area (TPSA) is 70.4 Å². The maximum Gasteiger partial charge on any atom is 0.222 e. The standard InChI is InChI=1S/C17H28N4O2/c1-18-16(22)11-17(23)8-4-10-20(13-17)12-15-7-9-19-21(15)14-5-2-3-6-14/h7,9,14,23H,2-6,8,10-13H2,1H3,(H,18,22). The van der Waals surface area contributed by atoms with Crippen molar-refractivity contribution >= 4 is 5.91 Å². The van der Waals surface area contributed by atoms with Crippen LogP contribution in [0.4, 0.5) is 0 Å². The minimum absolute atomic E-state index is 0.0923. The van der Waals surface area contributed by atoms with E-state index in [2.05, 4.69) is 26.1 Å². The smallest absolute Gasteiger partial charge is 0.222 e. The number of nitrogens with zero attached hydrogens (tertiary/aromatic N) is 3. The number of likely N-dealkylation sites (tertiary alicyclic amines) is 1. The highest BCUT2D eigenvalue weighted by Crippen LogP contribution is 2.31. The average molecular weight is 320 g/mol. The molecule has 2 N–H and O–H groups in total. The molecule has 1 aromatic heterocycles. The van der Waals surface area contributed by atoms with Crippen molar-refractivity contribution in [3.05, 3.63) is 18.0 Å². The molecule has 0 radical (unpaired) electrons. The molecule has 6 heteroatoms. The van der Waals surface area contributed by atoms with Crippen molar-refractivity contribution in [1.29, 1.82) is 0 Å². The molecule has 1 unspecified atom stereocenters. The van der Waals surface area contributed by atoms with E-state index in [0.29, 0.717) is 19.0 Å². The first kappa shape index (κ1) is 16.5. The van der Waals surface area contributed by atoms with Gasteiger partial charge in [0.25, 0.3) is 0 Å². The van der Waals surface area contributed by atoms with E-state index in [1.54, 1.807) is 7.05 Å². The number of aromatic nitrogens is 2. The molecular formula is C17H28N4O2. The molecule has 6 nitrogen and oxygen atoms in total. The van der Waals surface area contributed by atoms with Gasteiger partial charge in [0.05, 0.1) is 23.8 Å². The van der Waals surface area contributed by atoms with Crippen LogP contribution in [0.15, 0.2) is 12.3 Å². The van der Waals surface area contributed by atoms with Gasteiger partial charge >= 0.3 is 0 Å². The molecular weight excluding hydrogens is 292 g/mol. The summed E-state index contributed by atoms with van der Waals surface area (Å²) >= 11 is 0. The molecule has 1 aromatic rings. The van der Waals surface area contributed by atoms with Gasteiger partial charge in [0.1, 0.15) is 0 Å². The minimum atomic E-state index is -0.906. The number of nitrogens with one attached hydrogen (secondary N) is 1. The maximum absolute atomic E-state index is 11.6. The van der Waals surface area contributed by atoms with E-state index in [9.17, 15) is 9.90 Å². The minimum Gasteiger partial charge on any atom is -0.388 e. The highest BCUT2D eigenvalue weighted by molar-refractivity contribution is 5.76. The molecule has 2 aliphatic rings. The Morgan fingerprint density at radius 2 is 2.22 bits per heavy atom. The molecule has 1 aliphatic heterocycles. The third kappa shape index (κ3) is 3.93. The van der Waals surface area contributed by atoms with Crippen LogP contribution in [0.2, 0.25) is 0 Å². The second kappa shape index (κ2) is 7.01. The molecule has 3 rings (SSSR count). The molecule has 128 valence electrons. The highest BCUT2D eigenvalue weighted by Gasteiger charge is 2.35. The van der Waals surface area contributed by atoms with E-state index in [1.807, 2.05) is 6.20 Å². The average Bonchev–Trinajstić information content (AvgIpc) is 3.17. The number of rotatable bonds is 5. The third-order valence-electron chi connectivity index (χ3n) is 5.21. The van der Waals surface area contributed by atoms with Gasteiger partial charge in [0.15, 0.2) is 0 Å². The second-order valence-corrected chi connectivity index (χ2v) is 7.09. The van der Waals surface area contributed by atoms with Gasteiger partial charge in [0.2, 0.25) is 5.91 Å². The molecule has 2 fully saturated rings. The van der Waals surface area contributed by atoms with Gasteiger partial charge in [-0.15, -0.1) is 0 Å². The Morgan fingerprint density at radius 3 is 2.96 bits per heavy atom. The molecule has 0 aromatic carbocycles.